The van der Waals surface area contributed by atoms with Crippen molar-refractivity contribution in [1.82, 2.24) is 4.90 Å². The van der Waals surface area contributed by atoms with Crippen LogP contribution in [-0.4, -0.2) is 40.6 Å². The molecule has 0 spiro atoms. The maximum absolute atomic E-state index is 10.6. The highest BCUT2D eigenvalue weighted by atomic mass is 79.9. The van der Waals surface area contributed by atoms with E-state index in [0.29, 0.717) is 5.92 Å². The van der Waals surface area contributed by atoms with Gasteiger partial charge in [-0.05, 0) is 25.2 Å². The second-order valence-corrected chi connectivity index (χ2v) is 6.63. The molecule has 1 saturated heterocycles. The summed E-state index contributed by atoms with van der Waals surface area (Å²) < 4.78 is 0. The third-order valence-corrected chi connectivity index (χ3v) is 5.74. The van der Waals surface area contributed by atoms with Gasteiger partial charge in [0.2, 0.25) is 0 Å². The van der Waals surface area contributed by atoms with Crippen LogP contribution >= 0.6 is 15.9 Å². The molecule has 1 heterocycles. The molecule has 0 amide bonds. The molecule has 3 heteroatoms. The Hall–Kier alpha value is 0.400. The van der Waals surface area contributed by atoms with E-state index in [2.05, 4.69) is 27.8 Å². The lowest BCUT2D eigenvalue weighted by atomic mass is 9.71. The minimum absolute atomic E-state index is 0.315. The molecular formula is C14H26BrNO. The van der Waals surface area contributed by atoms with Crippen molar-refractivity contribution in [1.29, 1.82) is 0 Å². The molecule has 0 aromatic rings. The molecular weight excluding hydrogens is 278 g/mol. The van der Waals surface area contributed by atoms with Crippen LogP contribution in [0.2, 0.25) is 0 Å². The Morgan fingerprint density at radius 1 is 1.41 bits per heavy atom. The van der Waals surface area contributed by atoms with Gasteiger partial charge in [0.05, 0.1) is 5.60 Å². The number of rotatable bonds is 4. The molecule has 3 atom stereocenters. The van der Waals surface area contributed by atoms with Crippen molar-refractivity contribution >= 4 is 15.9 Å². The lowest BCUT2D eigenvalue weighted by Crippen LogP contribution is -2.54. The van der Waals surface area contributed by atoms with Crippen molar-refractivity contribution in [2.75, 3.05) is 25.0 Å². The average Bonchev–Trinajstić information content (AvgIpc) is 2.35. The fraction of sp³-hybridized carbons (Fsp3) is 1.00. The zero-order chi connectivity index (χ0) is 12.3. The summed E-state index contributed by atoms with van der Waals surface area (Å²) in [5.74, 6) is 1.31. The molecule has 0 bridgehead atoms. The Balaban J connectivity index is 1.88. The van der Waals surface area contributed by atoms with Crippen molar-refractivity contribution in [3.63, 3.8) is 0 Å². The maximum atomic E-state index is 10.6. The fourth-order valence-electron chi connectivity index (χ4n) is 3.46. The molecule has 0 aromatic heterocycles. The Kier molecular flexibility index (Phi) is 4.90. The van der Waals surface area contributed by atoms with Crippen LogP contribution in [0.1, 0.15) is 45.4 Å². The molecule has 3 unspecified atom stereocenters. The van der Waals surface area contributed by atoms with Crippen molar-refractivity contribution in [2.45, 2.75) is 51.0 Å². The molecule has 2 fully saturated rings. The van der Waals surface area contributed by atoms with Gasteiger partial charge in [0.25, 0.3) is 0 Å². The van der Waals surface area contributed by atoms with Gasteiger partial charge < -0.3 is 10.0 Å². The van der Waals surface area contributed by atoms with E-state index < -0.39 is 0 Å². The van der Waals surface area contributed by atoms with E-state index in [9.17, 15) is 5.11 Å². The number of hydrogen-bond donors (Lipinski definition) is 1. The first-order valence-corrected chi connectivity index (χ1v) is 8.31. The van der Waals surface area contributed by atoms with Gasteiger partial charge in [-0.1, -0.05) is 42.1 Å². The van der Waals surface area contributed by atoms with Crippen LogP contribution in [0.4, 0.5) is 0 Å². The van der Waals surface area contributed by atoms with Crippen LogP contribution in [0.3, 0.4) is 0 Å². The van der Waals surface area contributed by atoms with Crippen LogP contribution in [0, 0.1) is 11.8 Å². The summed E-state index contributed by atoms with van der Waals surface area (Å²) >= 11 is 3.61. The van der Waals surface area contributed by atoms with E-state index in [4.69, 9.17) is 0 Å². The van der Waals surface area contributed by atoms with Gasteiger partial charge in [0.15, 0.2) is 0 Å². The molecule has 2 nitrogen and oxygen atoms in total. The third-order valence-electron chi connectivity index (χ3n) is 4.82. The number of alkyl halides is 1. The topological polar surface area (TPSA) is 23.5 Å². The van der Waals surface area contributed by atoms with Gasteiger partial charge in [-0.2, -0.15) is 0 Å². The van der Waals surface area contributed by atoms with Gasteiger partial charge in [0, 0.05) is 30.9 Å². The first-order valence-electron chi connectivity index (χ1n) is 7.18. The van der Waals surface area contributed by atoms with Gasteiger partial charge >= 0.3 is 0 Å². The van der Waals surface area contributed by atoms with Crippen LogP contribution in [0.15, 0.2) is 0 Å². The van der Waals surface area contributed by atoms with E-state index in [0.717, 1.165) is 37.2 Å². The van der Waals surface area contributed by atoms with Crippen LogP contribution < -0.4 is 0 Å². The molecule has 2 rings (SSSR count). The molecule has 2 aliphatic rings. The highest BCUT2D eigenvalue weighted by Crippen LogP contribution is 2.39. The molecule has 1 saturated carbocycles. The Labute approximate surface area is 114 Å². The normalized spacial score (nSPS) is 36.5. The Morgan fingerprint density at radius 2 is 2.24 bits per heavy atom. The van der Waals surface area contributed by atoms with Crippen LogP contribution in [0.25, 0.3) is 0 Å². The van der Waals surface area contributed by atoms with Gasteiger partial charge in [-0.15, -0.1) is 0 Å². The summed E-state index contributed by atoms with van der Waals surface area (Å²) in [6.45, 7) is 5.69. The second-order valence-electron chi connectivity index (χ2n) is 5.98. The van der Waals surface area contributed by atoms with Crippen molar-refractivity contribution in [2.24, 2.45) is 11.8 Å². The average molecular weight is 304 g/mol. The minimum atomic E-state index is -0.315. The summed E-state index contributed by atoms with van der Waals surface area (Å²) in [6.07, 6.45) is 7.06. The van der Waals surface area contributed by atoms with Crippen molar-refractivity contribution < 1.29 is 5.11 Å². The van der Waals surface area contributed by atoms with E-state index >= 15 is 0 Å². The summed E-state index contributed by atoms with van der Waals surface area (Å²) in [4.78, 5) is 2.58. The molecule has 0 aromatic carbocycles. The number of hydrogen-bond acceptors (Lipinski definition) is 2. The van der Waals surface area contributed by atoms with E-state index in [-0.39, 0.29) is 5.60 Å². The largest absolute Gasteiger partial charge is 0.390 e. The number of likely N-dealkylation sites (tertiary alicyclic amines) is 1. The maximum Gasteiger partial charge on any atom is 0.0700 e. The second kappa shape index (κ2) is 6.03. The van der Waals surface area contributed by atoms with Crippen molar-refractivity contribution in [3.8, 4) is 0 Å². The SMILES string of the molecule is CCC(CBr)CN1CCC2(O)CCCCC2C1. The molecule has 17 heavy (non-hydrogen) atoms. The van der Waals surface area contributed by atoms with Crippen LogP contribution in [0.5, 0.6) is 0 Å². The zero-order valence-electron chi connectivity index (χ0n) is 11.0. The highest BCUT2D eigenvalue weighted by molar-refractivity contribution is 9.09. The van der Waals surface area contributed by atoms with E-state index in [1.165, 1.54) is 32.2 Å². The lowest BCUT2D eigenvalue weighted by molar-refractivity contribution is -0.0968. The predicted octanol–water partition coefficient (Wildman–Crippen LogP) is 3.03. The molecule has 1 aliphatic heterocycles. The van der Waals surface area contributed by atoms with E-state index in [1.54, 1.807) is 0 Å². The molecule has 0 radical (unpaired) electrons. The number of fused-ring (bicyclic) bond motifs is 1. The first kappa shape index (κ1) is 13.8. The zero-order valence-corrected chi connectivity index (χ0v) is 12.6. The predicted molar refractivity (Wildman–Crippen MR) is 75.5 cm³/mol. The molecule has 1 N–H and O–H groups in total. The van der Waals surface area contributed by atoms with Crippen LogP contribution in [-0.2, 0) is 0 Å². The summed E-state index contributed by atoms with van der Waals surface area (Å²) in [5, 5.41) is 11.7. The monoisotopic (exact) mass is 303 g/mol. The quantitative estimate of drug-likeness (QED) is 0.807. The van der Waals surface area contributed by atoms with Crippen molar-refractivity contribution in [3.05, 3.63) is 0 Å². The third kappa shape index (κ3) is 3.24. The molecule has 100 valence electrons. The Bertz CT molecular complexity index is 244. The number of nitrogens with zero attached hydrogens (tertiary/aromatic N) is 1. The number of piperidine rings is 1. The highest BCUT2D eigenvalue weighted by Gasteiger charge is 2.42. The fourth-order valence-corrected chi connectivity index (χ4v) is 4.12. The number of aliphatic hydroxyl groups is 1. The standard InChI is InChI=1S/C14H26BrNO/c1-2-12(9-15)10-16-8-7-14(17)6-4-3-5-13(14)11-16/h12-13,17H,2-11H2,1H3. The summed E-state index contributed by atoms with van der Waals surface area (Å²) in [6, 6.07) is 0. The smallest absolute Gasteiger partial charge is 0.0700 e. The minimum Gasteiger partial charge on any atom is -0.390 e. The summed E-state index contributed by atoms with van der Waals surface area (Å²) in [7, 11) is 0. The Morgan fingerprint density at radius 3 is 2.94 bits per heavy atom. The van der Waals surface area contributed by atoms with Gasteiger partial charge in [-0.3, -0.25) is 0 Å². The van der Waals surface area contributed by atoms with Gasteiger partial charge in [-0.25, -0.2) is 0 Å². The molecule has 1 aliphatic carbocycles. The van der Waals surface area contributed by atoms with Gasteiger partial charge in [0.1, 0.15) is 0 Å². The summed E-state index contributed by atoms with van der Waals surface area (Å²) in [5.41, 5.74) is -0.315. The van der Waals surface area contributed by atoms with E-state index in [1.807, 2.05) is 0 Å². The number of halogens is 1. The first-order chi connectivity index (χ1) is 8.18. The lowest BCUT2D eigenvalue weighted by Gasteiger charge is -2.48.